The Morgan fingerprint density at radius 2 is 1.90 bits per heavy atom. The van der Waals surface area contributed by atoms with Gasteiger partial charge in [0.1, 0.15) is 6.04 Å². The average molecular weight is 303 g/mol. The lowest BCUT2D eigenvalue weighted by Crippen LogP contribution is -2.40. The molecule has 0 saturated heterocycles. The van der Waals surface area contributed by atoms with Crippen LogP contribution in [0.2, 0.25) is 0 Å². The van der Waals surface area contributed by atoms with Crippen LogP contribution in [0.3, 0.4) is 0 Å². The lowest BCUT2D eigenvalue weighted by atomic mass is 10.1. The van der Waals surface area contributed by atoms with Crippen molar-refractivity contribution in [3.8, 4) is 11.5 Å². The van der Waals surface area contributed by atoms with Gasteiger partial charge in [0.25, 0.3) is 5.91 Å². The van der Waals surface area contributed by atoms with Crippen LogP contribution in [0, 0.1) is 0 Å². The molecule has 1 aromatic carbocycles. The number of likely N-dealkylation sites (N-methyl/N-ethyl adjacent to an activating group) is 1. The summed E-state index contributed by atoms with van der Waals surface area (Å²) in [5.74, 6) is -1.99. The van der Waals surface area contributed by atoms with Crippen LogP contribution >= 0.6 is 0 Å². The summed E-state index contributed by atoms with van der Waals surface area (Å²) in [4.78, 5) is 24.0. The average Bonchev–Trinajstić information content (AvgIpc) is 2.44. The number of aliphatic carboxylic acids is 1. The third-order valence-corrected chi connectivity index (χ3v) is 2.89. The summed E-state index contributed by atoms with van der Waals surface area (Å²) >= 11 is 0. The van der Waals surface area contributed by atoms with Gasteiger partial charge >= 0.3 is 12.6 Å². The highest BCUT2D eigenvalue weighted by Gasteiger charge is 2.24. The first-order valence-corrected chi connectivity index (χ1v) is 5.90. The summed E-state index contributed by atoms with van der Waals surface area (Å²) in [5.41, 5.74) is 0.101. The number of carboxylic acids is 1. The number of rotatable bonds is 6. The normalized spacial score (nSPS) is 11.9. The van der Waals surface area contributed by atoms with E-state index >= 15 is 0 Å². The first kappa shape index (κ1) is 16.7. The van der Waals surface area contributed by atoms with Gasteiger partial charge in [-0.3, -0.25) is 4.79 Å². The number of hydrogen-bond donors (Lipinski definition) is 1. The number of amides is 1. The van der Waals surface area contributed by atoms with Gasteiger partial charge < -0.3 is 19.5 Å². The smallest absolute Gasteiger partial charge is 0.387 e. The molecule has 1 atom stereocenters. The molecule has 0 aromatic heterocycles. The lowest BCUT2D eigenvalue weighted by Gasteiger charge is -2.22. The van der Waals surface area contributed by atoms with Crippen molar-refractivity contribution in [2.45, 2.75) is 19.6 Å². The van der Waals surface area contributed by atoms with Crippen molar-refractivity contribution in [2.75, 3.05) is 14.2 Å². The molecule has 1 rings (SSSR count). The van der Waals surface area contributed by atoms with Crippen LogP contribution in [-0.2, 0) is 4.79 Å². The van der Waals surface area contributed by atoms with E-state index in [0.717, 1.165) is 11.0 Å². The molecule has 0 aliphatic rings. The molecule has 0 fully saturated rings. The quantitative estimate of drug-likeness (QED) is 0.868. The highest BCUT2D eigenvalue weighted by Crippen LogP contribution is 2.29. The molecule has 1 unspecified atom stereocenters. The largest absolute Gasteiger partial charge is 0.493 e. The molecule has 0 bridgehead atoms. The van der Waals surface area contributed by atoms with E-state index in [0.29, 0.717) is 0 Å². The summed E-state index contributed by atoms with van der Waals surface area (Å²) < 4.78 is 33.5. The second kappa shape index (κ2) is 6.87. The van der Waals surface area contributed by atoms with Crippen LogP contribution in [0.5, 0.6) is 11.5 Å². The minimum absolute atomic E-state index is 0.0440. The van der Waals surface area contributed by atoms with Crippen molar-refractivity contribution in [3.05, 3.63) is 23.8 Å². The van der Waals surface area contributed by atoms with Gasteiger partial charge in [-0.05, 0) is 25.1 Å². The molecule has 0 spiro atoms. The van der Waals surface area contributed by atoms with Crippen LogP contribution in [0.25, 0.3) is 0 Å². The number of alkyl halides is 2. The zero-order valence-corrected chi connectivity index (χ0v) is 11.7. The van der Waals surface area contributed by atoms with E-state index in [9.17, 15) is 18.4 Å². The molecule has 6 nitrogen and oxygen atoms in total. The van der Waals surface area contributed by atoms with Crippen LogP contribution in [0.1, 0.15) is 17.3 Å². The van der Waals surface area contributed by atoms with Gasteiger partial charge in [0, 0.05) is 12.6 Å². The molecule has 0 heterocycles. The zero-order chi connectivity index (χ0) is 16.2. The van der Waals surface area contributed by atoms with Gasteiger partial charge in [0.15, 0.2) is 11.5 Å². The van der Waals surface area contributed by atoms with E-state index in [1.165, 1.54) is 33.2 Å². The number of hydrogen-bond acceptors (Lipinski definition) is 4. The van der Waals surface area contributed by atoms with Crippen LogP contribution in [-0.4, -0.2) is 48.7 Å². The number of ether oxygens (including phenoxy) is 2. The van der Waals surface area contributed by atoms with E-state index in [2.05, 4.69) is 4.74 Å². The van der Waals surface area contributed by atoms with Gasteiger partial charge in [0.05, 0.1) is 7.11 Å². The van der Waals surface area contributed by atoms with E-state index in [-0.39, 0.29) is 17.1 Å². The standard InChI is InChI=1S/C13H15F2NO5/c1-7(12(18)19)16(2)11(17)8-4-5-9(21-13(14)15)10(6-8)20-3/h4-7,13H,1-3H3,(H,18,19). The molecular formula is C13H15F2NO5. The predicted molar refractivity (Wildman–Crippen MR) is 68.8 cm³/mol. The van der Waals surface area contributed by atoms with Crippen LogP contribution < -0.4 is 9.47 Å². The molecule has 8 heteroatoms. The predicted octanol–water partition coefficient (Wildman–Crippen LogP) is 1.84. The Hall–Kier alpha value is -2.38. The zero-order valence-electron chi connectivity index (χ0n) is 11.7. The lowest BCUT2D eigenvalue weighted by molar-refractivity contribution is -0.141. The number of halogens is 2. The first-order valence-electron chi connectivity index (χ1n) is 5.90. The Labute approximate surface area is 119 Å². The van der Waals surface area contributed by atoms with Crippen molar-refractivity contribution in [1.82, 2.24) is 4.90 Å². The molecule has 21 heavy (non-hydrogen) atoms. The summed E-state index contributed by atoms with van der Waals surface area (Å²) in [6, 6.07) is 2.61. The number of carbonyl (C=O) groups excluding carboxylic acids is 1. The Morgan fingerprint density at radius 3 is 2.38 bits per heavy atom. The topological polar surface area (TPSA) is 76.1 Å². The maximum Gasteiger partial charge on any atom is 0.387 e. The molecule has 0 aliphatic carbocycles. The minimum atomic E-state index is -3.02. The summed E-state index contributed by atoms with van der Waals surface area (Å²) in [5, 5.41) is 8.87. The van der Waals surface area contributed by atoms with Gasteiger partial charge in [0.2, 0.25) is 0 Å². The molecule has 1 amide bonds. The first-order chi connectivity index (χ1) is 9.77. The molecule has 1 aromatic rings. The summed E-state index contributed by atoms with van der Waals surface area (Å²) in [6.07, 6.45) is 0. The number of carbonyl (C=O) groups is 2. The fourth-order valence-electron chi connectivity index (χ4n) is 1.54. The van der Waals surface area contributed by atoms with Gasteiger partial charge in [-0.15, -0.1) is 0 Å². The highest BCUT2D eigenvalue weighted by atomic mass is 19.3. The molecular weight excluding hydrogens is 288 g/mol. The van der Waals surface area contributed by atoms with Gasteiger partial charge in [-0.25, -0.2) is 4.79 Å². The molecule has 0 aliphatic heterocycles. The summed E-state index contributed by atoms with van der Waals surface area (Å²) in [7, 11) is 2.57. The summed E-state index contributed by atoms with van der Waals surface area (Å²) in [6.45, 7) is -1.67. The second-order valence-electron chi connectivity index (χ2n) is 4.17. The van der Waals surface area contributed by atoms with Crippen LogP contribution in [0.4, 0.5) is 8.78 Å². The third kappa shape index (κ3) is 4.04. The maximum absolute atomic E-state index is 12.2. The van der Waals surface area contributed by atoms with E-state index in [4.69, 9.17) is 9.84 Å². The fraction of sp³-hybridized carbons (Fsp3) is 0.385. The molecule has 0 saturated carbocycles. The van der Waals surface area contributed by atoms with Crippen molar-refractivity contribution < 1.29 is 33.0 Å². The van der Waals surface area contributed by atoms with Crippen molar-refractivity contribution in [2.24, 2.45) is 0 Å². The molecule has 0 radical (unpaired) electrons. The Bertz CT molecular complexity index is 535. The SMILES string of the molecule is COc1cc(C(=O)N(C)C(C)C(=O)O)ccc1OC(F)F. The molecule has 1 N–H and O–H groups in total. The van der Waals surface area contributed by atoms with Crippen molar-refractivity contribution >= 4 is 11.9 Å². The monoisotopic (exact) mass is 303 g/mol. The third-order valence-electron chi connectivity index (χ3n) is 2.89. The number of methoxy groups -OCH3 is 1. The van der Waals surface area contributed by atoms with Gasteiger partial charge in [-0.1, -0.05) is 0 Å². The van der Waals surface area contributed by atoms with Crippen molar-refractivity contribution in [3.63, 3.8) is 0 Å². The minimum Gasteiger partial charge on any atom is -0.493 e. The van der Waals surface area contributed by atoms with Crippen LogP contribution in [0.15, 0.2) is 18.2 Å². The Balaban J connectivity index is 3.03. The fourth-order valence-corrected chi connectivity index (χ4v) is 1.54. The number of nitrogens with zero attached hydrogens (tertiary/aromatic N) is 1. The Kier molecular flexibility index (Phi) is 5.45. The van der Waals surface area contributed by atoms with E-state index < -0.39 is 24.5 Å². The van der Waals surface area contributed by atoms with E-state index in [1.807, 2.05) is 0 Å². The second-order valence-corrected chi connectivity index (χ2v) is 4.17. The van der Waals surface area contributed by atoms with E-state index in [1.54, 1.807) is 0 Å². The number of carboxylic acid groups (broad SMARTS) is 1. The maximum atomic E-state index is 12.2. The van der Waals surface area contributed by atoms with Crippen molar-refractivity contribution in [1.29, 1.82) is 0 Å². The number of benzene rings is 1. The molecule has 116 valence electrons. The van der Waals surface area contributed by atoms with Gasteiger partial charge in [-0.2, -0.15) is 8.78 Å². The Morgan fingerprint density at radius 1 is 1.29 bits per heavy atom. The highest BCUT2D eigenvalue weighted by molar-refractivity contribution is 5.96.